The van der Waals surface area contributed by atoms with Crippen LogP contribution in [0.5, 0.6) is 0 Å². The Kier molecular flexibility index (Phi) is 6.11. The van der Waals surface area contributed by atoms with E-state index in [2.05, 4.69) is 25.4 Å². The van der Waals surface area contributed by atoms with E-state index >= 15 is 0 Å². The van der Waals surface area contributed by atoms with Crippen molar-refractivity contribution in [3.05, 3.63) is 36.2 Å². The quantitative estimate of drug-likeness (QED) is 0.553. The highest BCUT2D eigenvalue weighted by Gasteiger charge is 2.43. The van der Waals surface area contributed by atoms with Crippen molar-refractivity contribution in [2.45, 2.75) is 37.9 Å². The maximum atomic E-state index is 14.1. The zero-order chi connectivity index (χ0) is 24.9. The summed E-state index contributed by atoms with van der Waals surface area (Å²) < 4.78 is 49.5. The van der Waals surface area contributed by atoms with E-state index in [9.17, 15) is 13.2 Å². The molecule has 4 heterocycles. The van der Waals surface area contributed by atoms with Crippen LogP contribution in [0, 0.1) is 17.8 Å². The molecule has 7 nitrogen and oxygen atoms in total. The highest BCUT2D eigenvalue weighted by molar-refractivity contribution is 5.81. The molecule has 0 unspecified atom stereocenters. The van der Waals surface area contributed by atoms with Crippen LogP contribution in [0.4, 0.5) is 19.0 Å². The third kappa shape index (κ3) is 4.68. The van der Waals surface area contributed by atoms with Gasteiger partial charge in [0.15, 0.2) is 5.82 Å². The second-order valence-electron chi connectivity index (χ2n) is 10.7. The first kappa shape index (κ1) is 23.7. The Hall–Kier alpha value is -2.72. The van der Waals surface area contributed by atoms with Crippen LogP contribution in [0.1, 0.15) is 31.2 Å². The molecular formula is C26H31F3N6O. The van der Waals surface area contributed by atoms with Gasteiger partial charge in [-0.25, -0.2) is 4.98 Å². The van der Waals surface area contributed by atoms with Crippen molar-refractivity contribution in [2.24, 2.45) is 24.8 Å². The second-order valence-corrected chi connectivity index (χ2v) is 10.7. The molecule has 2 aromatic heterocycles. The number of nitrogens with one attached hydrogen (secondary N) is 1. The van der Waals surface area contributed by atoms with Gasteiger partial charge in [-0.1, -0.05) is 6.07 Å². The van der Waals surface area contributed by atoms with E-state index in [1.54, 1.807) is 24.5 Å². The first-order valence-electron chi connectivity index (χ1n) is 12.8. The Morgan fingerprint density at radius 3 is 2.53 bits per heavy atom. The number of hydrogen-bond donors (Lipinski definition) is 1. The number of halogens is 3. The van der Waals surface area contributed by atoms with Gasteiger partial charge in [-0.05, 0) is 61.6 Å². The normalized spacial score (nSPS) is 25.5. The van der Waals surface area contributed by atoms with Crippen LogP contribution < -0.4 is 5.32 Å². The lowest BCUT2D eigenvalue weighted by Crippen LogP contribution is -2.32. The third-order valence-electron chi connectivity index (χ3n) is 8.15. The molecule has 2 aliphatic heterocycles. The van der Waals surface area contributed by atoms with E-state index in [1.807, 2.05) is 11.6 Å². The van der Waals surface area contributed by atoms with Crippen LogP contribution in [-0.2, 0) is 18.0 Å². The Bertz CT molecular complexity index is 1220. The molecule has 192 valence electrons. The van der Waals surface area contributed by atoms with E-state index in [0.717, 1.165) is 75.6 Å². The fraction of sp³-hybridized carbons (Fsp3) is 0.577. The van der Waals surface area contributed by atoms with Gasteiger partial charge in [0.1, 0.15) is 5.56 Å². The average Bonchev–Trinajstić information content (AvgIpc) is 3.52. The number of hydrogen-bond acceptors (Lipinski definition) is 6. The van der Waals surface area contributed by atoms with E-state index in [4.69, 9.17) is 4.74 Å². The van der Waals surface area contributed by atoms with Crippen molar-refractivity contribution in [1.29, 1.82) is 0 Å². The SMILES string of the molecule is Cn1cnc2ccc(-c3cc(C(F)(F)F)c(N[C@@H]4C[C@@H]5CN(CC6CCOCC6)C[C@@H]5C4)nn3)cc21. The number of imidazole rings is 1. The highest BCUT2D eigenvalue weighted by atomic mass is 19.4. The first-order chi connectivity index (χ1) is 17.3. The first-order valence-corrected chi connectivity index (χ1v) is 12.8. The van der Waals surface area contributed by atoms with Gasteiger partial charge in [0.2, 0.25) is 0 Å². The maximum absolute atomic E-state index is 14.1. The van der Waals surface area contributed by atoms with Gasteiger partial charge in [-0.15, -0.1) is 10.2 Å². The fourth-order valence-electron chi connectivity index (χ4n) is 6.29. The molecule has 1 aliphatic carbocycles. The molecule has 1 N–H and O–H groups in total. The Balaban J connectivity index is 1.15. The van der Waals surface area contributed by atoms with Crippen LogP contribution in [0.3, 0.4) is 0 Å². The predicted molar refractivity (Wildman–Crippen MR) is 130 cm³/mol. The van der Waals surface area contributed by atoms with Gasteiger partial charge >= 0.3 is 6.18 Å². The van der Waals surface area contributed by atoms with Crippen LogP contribution in [0.15, 0.2) is 30.6 Å². The lowest BCUT2D eigenvalue weighted by atomic mass is 10.00. The summed E-state index contributed by atoms with van der Waals surface area (Å²) in [4.78, 5) is 6.82. The van der Waals surface area contributed by atoms with Crippen molar-refractivity contribution in [3.63, 3.8) is 0 Å². The number of likely N-dealkylation sites (tertiary alicyclic amines) is 1. The topological polar surface area (TPSA) is 68.1 Å². The maximum Gasteiger partial charge on any atom is 0.420 e. The second kappa shape index (κ2) is 9.30. The predicted octanol–water partition coefficient (Wildman–Crippen LogP) is 4.60. The molecule has 0 spiro atoms. The van der Waals surface area contributed by atoms with Crippen LogP contribution >= 0.6 is 0 Å². The Labute approximate surface area is 208 Å². The molecule has 0 bridgehead atoms. The van der Waals surface area contributed by atoms with Crippen molar-refractivity contribution in [2.75, 3.05) is 38.2 Å². The van der Waals surface area contributed by atoms with E-state index in [0.29, 0.717) is 23.3 Å². The van der Waals surface area contributed by atoms with Gasteiger partial charge in [0.25, 0.3) is 0 Å². The lowest BCUT2D eigenvalue weighted by Gasteiger charge is -2.28. The molecule has 10 heteroatoms. The number of fused-ring (bicyclic) bond motifs is 2. The van der Waals surface area contributed by atoms with E-state index in [-0.39, 0.29) is 17.6 Å². The minimum Gasteiger partial charge on any atom is -0.381 e. The summed E-state index contributed by atoms with van der Waals surface area (Å²) in [5.74, 6) is 1.58. The van der Waals surface area contributed by atoms with Crippen LogP contribution in [0.25, 0.3) is 22.3 Å². The number of benzene rings is 1. The number of aryl methyl sites for hydroxylation is 1. The summed E-state index contributed by atoms with van der Waals surface area (Å²) in [6.07, 6.45) is 1.13. The van der Waals surface area contributed by atoms with Gasteiger partial charge in [0, 0.05) is 51.5 Å². The zero-order valence-corrected chi connectivity index (χ0v) is 20.3. The third-order valence-corrected chi connectivity index (χ3v) is 8.15. The summed E-state index contributed by atoms with van der Waals surface area (Å²) in [5.41, 5.74) is 1.62. The van der Waals surface area contributed by atoms with Crippen molar-refractivity contribution in [1.82, 2.24) is 24.6 Å². The molecule has 1 saturated carbocycles. The number of anilines is 1. The Morgan fingerprint density at radius 2 is 1.81 bits per heavy atom. The van der Waals surface area contributed by atoms with Crippen LogP contribution in [0.2, 0.25) is 0 Å². The van der Waals surface area contributed by atoms with Gasteiger partial charge in [-0.2, -0.15) is 13.2 Å². The minimum atomic E-state index is -4.53. The molecule has 2 saturated heterocycles. The summed E-state index contributed by atoms with van der Waals surface area (Å²) in [7, 11) is 1.85. The monoisotopic (exact) mass is 500 g/mol. The van der Waals surface area contributed by atoms with Crippen molar-refractivity contribution >= 4 is 16.9 Å². The molecular weight excluding hydrogens is 469 g/mol. The summed E-state index contributed by atoms with van der Waals surface area (Å²) in [6.45, 7) is 4.90. The number of aromatic nitrogens is 4. The van der Waals surface area contributed by atoms with Crippen LogP contribution in [-0.4, -0.2) is 63.5 Å². The van der Waals surface area contributed by atoms with Gasteiger partial charge in [-0.3, -0.25) is 0 Å². The lowest BCUT2D eigenvalue weighted by molar-refractivity contribution is -0.137. The van der Waals surface area contributed by atoms with Crippen molar-refractivity contribution < 1.29 is 17.9 Å². The van der Waals surface area contributed by atoms with Crippen molar-refractivity contribution in [3.8, 4) is 11.3 Å². The molecule has 3 aromatic rings. The fourth-order valence-corrected chi connectivity index (χ4v) is 6.29. The molecule has 3 atom stereocenters. The molecule has 3 aliphatic rings. The largest absolute Gasteiger partial charge is 0.420 e. The average molecular weight is 501 g/mol. The smallest absolute Gasteiger partial charge is 0.381 e. The van der Waals surface area contributed by atoms with E-state index in [1.165, 1.54) is 0 Å². The van der Waals surface area contributed by atoms with Gasteiger partial charge in [0.05, 0.1) is 23.1 Å². The molecule has 6 rings (SSSR count). The van der Waals surface area contributed by atoms with E-state index < -0.39 is 11.7 Å². The summed E-state index contributed by atoms with van der Waals surface area (Å²) in [5, 5.41) is 11.3. The summed E-state index contributed by atoms with van der Waals surface area (Å²) >= 11 is 0. The highest BCUT2D eigenvalue weighted by Crippen LogP contribution is 2.42. The zero-order valence-electron chi connectivity index (χ0n) is 20.3. The van der Waals surface area contributed by atoms with Gasteiger partial charge < -0.3 is 19.5 Å². The summed E-state index contributed by atoms with van der Waals surface area (Å²) in [6, 6.07) is 6.41. The number of rotatable bonds is 5. The Morgan fingerprint density at radius 1 is 1.06 bits per heavy atom. The molecule has 0 amide bonds. The molecule has 36 heavy (non-hydrogen) atoms. The number of nitrogens with zero attached hydrogens (tertiary/aromatic N) is 5. The standard InChI is InChI=1S/C26H31F3N6O/c1-34-15-30-22-3-2-17(10-24(22)34)23-11-21(26(27,28)29)25(33-32-23)31-20-8-18-13-35(14-19(18)9-20)12-16-4-6-36-7-5-16/h2-3,10-11,15-16,18-20H,4-9,12-14H2,1H3,(H,31,33)/t18-,19+,20-. The number of ether oxygens (including phenoxy) is 1. The molecule has 3 fully saturated rings. The number of alkyl halides is 3. The molecule has 1 aromatic carbocycles. The minimum absolute atomic E-state index is 0.0164. The molecule has 0 radical (unpaired) electrons.